The van der Waals surface area contributed by atoms with Gasteiger partial charge in [-0.3, -0.25) is 0 Å². The third kappa shape index (κ3) is 5.16. The van der Waals surface area contributed by atoms with Gasteiger partial charge in [0.05, 0.1) is 17.7 Å². The average Bonchev–Trinajstić information content (AvgIpc) is 2.90. The number of hydrogen-bond donors (Lipinski definition) is 0. The number of aryl methyl sites for hydroxylation is 2. The summed E-state index contributed by atoms with van der Waals surface area (Å²) in [6.07, 6.45) is 14.8. The van der Waals surface area contributed by atoms with E-state index in [1.807, 2.05) is 6.07 Å². The van der Waals surface area contributed by atoms with E-state index in [4.69, 9.17) is 9.47 Å². The van der Waals surface area contributed by atoms with Gasteiger partial charge in [-0.15, -0.1) is 0 Å². The van der Waals surface area contributed by atoms with Gasteiger partial charge < -0.3 is 9.47 Å². The number of ether oxygens (including phenoxy) is 2. The van der Waals surface area contributed by atoms with Crippen molar-refractivity contribution < 1.29 is 19.1 Å². The molecule has 0 heterocycles. The highest BCUT2D eigenvalue weighted by Gasteiger charge is 2.23. The zero-order chi connectivity index (χ0) is 23.3. The van der Waals surface area contributed by atoms with Gasteiger partial charge in [-0.05, 0) is 92.2 Å². The Bertz CT molecular complexity index is 1140. The molecule has 1 unspecified atom stereocenters. The topological polar surface area (TPSA) is 52.6 Å². The zero-order valence-electron chi connectivity index (χ0n) is 19.7. The van der Waals surface area contributed by atoms with Gasteiger partial charge in [-0.2, -0.15) is 0 Å². The monoisotopic (exact) mass is 456 g/mol. The number of benzene rings is 2. The summed E-state index contributed by atoms with van der Waals surface area (Å²) >= 11 is 0. The van der Waals surface area contributed by atoms with Gasteiger partial charge in [-0.1, -0.05) is 48.1 Å². The zero-order valence-corrected chi connectivity index (χ0v) is 19.7. The average molecular weight is 457 g/mol. The molecule has 0 bridgehead atoms. The van der Waals surface area contributed by atoms with Crippen molar-refractivity contribution in [2.75, 3.05) is 6.61 Å². The van der Waals surface area contributed by atoms with Crippen LogP contribution in [0.25, 0.3) is 0 Å². The van der Waals surface area contributed by atoms with E-state index < -0.39 is 11.9 Å². The molecule has 0 saturated heterocycles. The number of fused-ring (bicyclic) bond motifs is 1. The van der Waals surface area contributed by atoms with Crippen molar-refractivity contribution in [3.05, 3.63) is 93.6 Å². The second-order valence-electron chi connectivity index (χ2n) is 9.69. The predicted molar refractivity (Wildman–Crippen MR) is 132 cm³/mol. The van der Waals surface area contributed by atoms with Crippen LogP contribution in [0.4, 0.5) is 0 Å². The molecule has 0 spiro atoms. The minimum Gasteiger partial charge on any atom is -0.461 e. The largest absolute Gasteiger partial charge is 0.461 e. The van der Waals surface area contributed by atoms with Gasteiger partial charge in [0.2, 0.25) is 0 Å². The molecule has 5 rings (SSSR count). The summed E-state index contributed by atoms with van der Waals surface area (Å²) in [7, 11) is 0. The first kappa shape index (κ1) is 22.6. The standard InChI is InChI=1S/C30H32O4/c31-29(33-19-21-13-15-23-7-1-3-9-25(23)17-21)27-11-5-6-12-28(27)30(32)34-20-22-14-16-24-8-2-4-10-26(24)18-22/h5-6,11-17,22H,1-4,7-10,18-20H2. The van der Waals surface area contributed by atoms with E-state index in [2.05, 4.69) is 24.3 Å². The minimum atomic E-state index is -0.500. The van der Waals surface area contributed by atoms with Crippen LogP contribution in [0.2, 0.25) is 0 Å². The molecular weight excluding hydrogens is 424 g/mol. The molecule has 0 saturated carbocycles. The van der Waals surface area contributed by atoms with Crippen molar-refractivity contribution in [2.24, 2.45) is 5.92 Å². The van der Waals surface area contributed by atoms with Gasteiger partial charge in [0.25, 0.3) is 0 Å². The summed E-state index contributed by atoms with van der Waals surface area (Å²) in [5, 5.41) is 0. The van der Waals surface area contributed by atoms with Crippen LogP contribution in [0.1, 0.15) is 82.4 Å². The normalized spacial score (nSPS) is 19.2. The third-order valence-corrected chi connectivity index (χ3v) is 7.29. The van der Waals surface area contributed by atoms with Crippen LogP contribution in [0, 0.1) is 5.92 Å². The fourth-order valence-electron chi connectivity index (χ4n) is 5.38. The fourth-order valence-corrected chi connectivity index (χ4v) is 5.38. The summed E-state index contributed by atoms with van der Waals surface area (Å²) in [5.74, 6) is -0.776. The number of rotatable bonds is 6. The molecule has 3 aliphatic rings. The quantitative estimate of drug-likeness (QED) is 0.464. The molecule has 0 fully saturated rings. The summed E-state index contributed by atoms with van der Waals surface area (Å²) in [4.78, 5) is 25.7. The van der Waals surface area contributed by atoms with Crippen LogP contribution in [0.3, 0.4) is 0 Å². The number of carbonyl (C=O) groups is 2. The Balaban J connectivity index is 1.19. The predicted octanol–water partition coefficient (Wildman–Crippen LogP) is 6.53. The maximum atomic E-state index is 12.9. The third-order valence-electron chi connectivity index (χ3n) is 7.29. The summed E-state index contributed by atoms with van der Waals surface area (Å²) in [5.41, 5.74) is 7.24. The highest BCUT2D eigenvalue weighted by Crippen LogP contribution is 2.34. The molecule has 0 amide bonds. The Kier molecular flexibility index (Phi) is 6.94. The molecule has 2 aromatic carbocycles. The molecule has 0 N–H and O–H groups in total. The molecule has 4 heteroatoms. The first-order valence-corrected chi connectivity index (χ1v) is 12.6. The Hall–Kier alpha value is -3.14. The lowest BCUT2D eigenvalue weighted by atomic mass is 9.82. The Morgan fingerprint density at radius 3 is 2.32 bits per heavy atom. The van der Waals surface area contributed by atoms with Crippen molar-refractivity contribution in [1.82, 2.24) is 0 Å². The lowest BCUT2D eigenvalue weighted by molar-refractivity contribution is 0.0420. The fraction of sp³-hybridized carbons (Fsp3) is 0.400. The second-order valence-corrected chi connectivity index (χ2v) is 9.69. The second kappa shape index (κ2) is 10.4. The molecule has 1 atom stereocenters. The molecule has 2 aromatic rings. The lowest BCUT2D eigenvalue weighted by Gasteiger charge is -2.25. The number of hydrogen-bond acceptors (Lipinski definition) is 4. The first-order valence-electron chi connectivity index (χ1n) is 12.6. The van der Waals surface area contributed by atoms with Crippen LogP contribution in [-0.4, -0.2) is 18.5 Å². The van der Waals surface area contributed by atoms with E-state index in [0.717, 1.165) is 31.2 Å². The maximum Gasteiger partial charge on any atom is 0.339 e. The molecule has 4 nitrogen and oxygen atoms in total. The van der Waals surface area contributed by atoms with Crippen molar-refractivity contribution in [3.63, 3.8) is 0 Å². The Morgan fingerprint density at radius 1 is 0.794 bits per heavy atom. The summed E-state index contributed by atoms with van der Waals surface area (Å²) < 4.78 is 11.2. The van der Waals surface area contributed by atoms with Crippen LogP contribution < -0.4 is 0 Å². The SMILES string of the molecule is O=C(OCc1ccc2c(c1)CCCC2)c1ccccc1C(=O)OCC1C=CC2=C(CCCC2)C1. The van der Waals surface area contributed by atoms with E-state index in [1.165, 1.54) is 54.4 Å². The van der Waals surface area contributed by atoms with E-state index >= 15 is 0 Å². The number of carbonyl (C=O) groups excluding carboxylic acids is 2. The highest BCUT2D eigenvalue weighted by atomic mass is 16.5. The maximum absolute atomic E-state index is 12.9. The van der Waals surface area contributed by atoms with E-state index in [9.17, 15) is 9.59 Å². The van der Waals surface area contributed by atoms with Crippen molar-refractivity contribution in [1.29, 1.82) is 0 Å². The highest BCUT2D eigenvalue weighted by molar-refractivity contribution is 6.03. The first-order chi connectivity index (χ1) is 16.7. The minimum absolute atomic E-state index is 0.194. The van der Waals surface area contributed by atoms with Crippen LogP contribution in [-0.2, 0) is 28.9 Å². The van der Waals surface area contributed by atoms with E-state index in [0.29, 0.717) is 6.61 Å². The van der Waals surface area contributed by atoms with Crippen LogP contribution in [0.15, 0.2) is 65.8 Å². The van der Waals surface area contributed by atoms with Crippen LogP contribution >= 0.6 is 0 Å². The number of esters is 2. The summed E-state index contributed by atoms with van der Waals surface area (Å²) in [6.45, 7) is 0.518. The molecule has 34 heavy (non-hydrogen) atoms. The lowest BCUT2D eigenvalue weighted by Crippen LogP contribution is -2.19. The van der Waals surface area contributed by atoms with E-state index in [-0.39, 0.29) is 23.7 Å². The van der Waals surface area contributed by atoms with Crippen molar-refractivity contribution in [3.8, 4) is 0 Å². The van der Waals surface area contributed by atoms with Gasteiger partial charge in [-0.25, -0.2) is 9.59 Å². The molecule has 0 radical (unpaired) electrons. The molecule has 3 aliphatic carbocycles. The molecular formula is C30H32O4. The van der Waals surface area contributed by atoms with Crippen molar-refractivity contribution in [2.45, 2.75) is 64.4 Å². The van der Waals surface area contributed by atoms with Gasteiger partial charge in [0.1, 0.15) is 6.61 Å². The number of allylic oxidation sites excluding steroid dienone is 3. The molecule has 0 aliphatic heterocycles. The Labute approximate surface area is 201 Å². The van der Waals surface area contributed by atoms with Crippen molar-refractivity contribution >= 4 is 11.9 Å². The summed E-state index contributed by atoms with van der Waals surface area (Å²) in [6, 6.07) is 13.1. The van der Waals surface area contributed by atoms with Gasteiger partial charge >= 0.3 is 11.9 Å². The molecule has 0 aromatic heterocycles. The van der Waals surface area contributed by atoms with Gasteiger partial charge in [0.15, 0.2) is 0 Å². The van der Waals surface area contributed by atoms with Gasteiger partial charge in [0, 0.05) is 5.92 Å². The molecule has 176 valence electrons. The smallest absolute Gasteiger partial charge is 0.339 e. The van der Waals surface area contributed by atoms with E-state index in [1.54, 1.807) is 24.3 Å². The van der Waals surface area contributed by atoms with Crippen LogP contribution in [0.5, 0.6) is 0 Å². The Morgan fingerprint density at radius 2 is 1.50 bits per heavy atom.